The van der Waals surface area contributed by atoms with E-state index in [0.717, 1.165) is 19.3 Å². The zero-order chi connectivity index (χ0) is 19.4. The molecule has 2 aromatic rings. The van der Waals surface area contributed by atoms with Crippen molar-refractivity contribution in [3.8, 4) is 0 Å². The van der Waals surface area contributed by atoms with Gasteiger partial charge in [0.1, 0.15) is 5.82 Å². The Bertz CT molecular complexity index is 899. The molecule has 0 saturated carbocycles. The van der Waals surface area contributed by atoms with Crippen molar-refractivity contribution >= 4 is 21.6 Å². The summed E-state index contributed by atoms with van der Waals surface area (Å²) in [4.78, 5) is 14.5. The molecule has 1 aliphatic heterocycles. The average Bonchev–Trinajstić information content (AvgIpc) is 2.69. The summed E-state index contributed by atoms with van der Waals surface area (Å²) < 4.78 is 40.2. The zero-order valence-corrected chi connectivity index (χ0v) is 15.6. The smallest absolute Gasteiger partial charge is 0.261 e. The molecular weight excluding hydrogens is 369 g/mol. The van der Waals surface area contributed by atoms with Crippen molar-refractivity contribution in [1.29, 1.82) is 0 Å². The normalized spacial score (nSPS) is 17.6. The van der Waals surface area contributed by atoms with Crippen LogP contribution in [0.3, 0.4) is 0 Å². The van der Waals surface area contributed by atoms with Crippen LogP contribution < -0.4 is 10.5 Å². The van der Waals surface area contributed by atoms with E-state index in [-0.39, 0.29) is 22.5 Å². The Balaban J connectivity index is 1.75. The van der Waals surface area contributed by atoms with E-state index in [0.29, 0.717) is 18.7 Å². The monoisotopic (exact) mass is 391 g/mol. The molecule has 1 amide bonds. The van der Waals surface area contributed by atoms with Crippen LogP contribution in [0.5, 0.6) is 0 Å². The van der Waals surface area contributed by atoms with Crippen LogP contribution >= 0.6 is 0 Å². The van der Waals surface area contributed by atoms with Gasteiger partial charge < -0.3 is 10.6 Å². The first-order valence-corrected chi connectivity index (χ1v) is 10.3. The van der Waals surface area contributed by atoms with Crippen LogP contribution in [0, 0.1) is 5.82 Å². The van der Waals surface area contributed by atoms with Crippen molar-refractivity contribution in [2.24, 2.45) is 5.73 Å². The fourth-order valence-electron chi connectivity index (χ4n) is 3.19. The van der Waals surface area contributed by atoms with Gasteiger partial charge in [-0.3, -0.25) is 9.52 Å². The highest BCUT2D eigenvalue weighted by Crippen LogP contribution is 2.21. The van der Waals surface area contributed by atoms with Gasteiger partial charge in [0.05, 0.1) is 4.90 Å². The molecule has 0 radical (unpaired) electrons. The standard InChI is InChI=1S/C19H22FN3O3S/c20-15-6-8-16(9-7-15)22-27(25,26)18-10-4-14(5-11-18)19(24)23-12-2-1-3-17(23)13-21/h4-11,17,22H,1-3,12-13,21H2. The Morgan fingerprint density at radius 2 is 1.78 bits per heavy atom. The summed E-state index contributed by atoms with van der Waals surface area (Å²) in [7, 11) is -3.83. The van der Waals surface area contributed by atoms with E-state index in [9.17, 15) is 17.6 Å². The molecule has 6 nitrogen and oxygen atoms in total. The maximum atomic E-state index is 12.9. The van der Waals surface area contributed by atoms with E-state index in [1.54, 1.807) is 4.90 Å². The zero-order valence-electron chi connectivity index (χ0n) is 14.8. The number of nitrogens with zero attached hydrogens (tertiary/aromatic N) is 1. The molecule has 0 aromatic heterocycles. The number of anilines is 1. The fraction of sp³-hybridized carbons (Fsp3) is 0.316. The van der Waals surface area contributed by atoms with Gasteiger partial charge in [0.2, 0.25) is 0 Å². The number of benzene rings is 2. The van der Waals surface area contributed by atoms with Gasteiger partial charge >= 0.3 is 0 Å². The molecular formula is C19H22FN3O3S. The number of nitrogens with two attached hydrogens (primary N) is 1. The number of hydrogen-bond acceptors (Lipinski definition) is 4. The fourth-order valence-corrected chi connectivity index (χ4v) is 4.25. The highest BCUT2D eigenvalue weighted by Gasteiger charge is 2.26. The summed E-state index contributed by atoms with van der Waals surface area (Å²) in [5.74, 6) is -0.588. The lowest BCUT2D eigenvalue weighted by Crippen LogP contribution is -2.47. The van der Waals surface area contributed by atoms with Crippen LogP contribution in [0.2, 0.25) is 0 Å². The number of nitrogens with one attached hydrogen (secondary N) is 1. The SMILES string of the molecule is NCC1CCCCN1C(=O)c1ccc(S(=O)(=O)Nc2ccc(F)cc2)cc1. The van der Waals surface area contributed by atoms with Gasteiger partial charge in [0, 0.05) is 30.4 Å². The van der Waals surface area contributed by atoms with Crippen LogP contribution in [0.1, 0.15) is 29.6 Å². The lowest BCUT2D eigenvalue weighted by molar-refractivity contribution is 0.0623. The molecule has 2 aromatic carbocycles. The minimum Gasteiger partial charge on any atom is -0.334 e. The Kier molecular flexibility index (Phi) is 5.76. The molecule has 0 bridgehead atoms. The number of piperidine rings is 1. The van der Waals surface area contributed by atoms with Crippen molar-refractivity contribution in [2.45, 2.75) is 30.2 Å². The number of hydrogen-bond donors (Lipinski definition) is 2. The molecule has 3 N–H and O–H groups in total. The molecule has 1 atom stereocenters. The third-order valence-corrected chi connectivity index (χ3v) is 6.07. The van der Waals surface area contributed by atoms with Gasteiger partial charge in [-0.15, -0.1) is 0 Å². The van der Waals surface area contributed by atoms with E-state index < -0.39 is 15.8 Å². The van der Waals surface area contributed by atoms with E-state index in [4.69, 9.17) is 5.73 Å². The van der Waals surface area contributed by atoms with Crippen molar-refractivity contribution in [2.75, 3.05) is 17.8 Å². The largest absolute Gasteiger partial charge is 0.334 e. The summed E-state index contributed by atoms with van der Waals surface area (Å²) in [5, 5.41) is 0. The van der Waals surface area contributed by atoms with E-state index in [2.05, 4.69) is 4.72 Å². The van der Waals surface area contributed by atoms with Crippen LogP contribution in [0.25, 0.3) is 0 Å². The highest BCUT2D eigenvalue weighted by atomic mass is 32.2. The molecule has 27 heavy (non-hydrogen) atoms. The average molecular weight is 391 g/mol. The molecule has 144 valence electrons. The number of likely N-dealkylation sites (tertiary alicyclic amines) is 1. The topological polar surface area (TPSA) is 92.5 Å². The van der Waals surface area contributed by atoms with Gasteiger partial charge in [0.25, 0.3) is 15.9 Å². The number of rotatable bonds is 5. The molecule has 1 fully saturated rings. The van der Waals surface area contributed by atoms with Crippen LogP contribution in [-0.2, 0) is 10.0 Å². The lowest BCUT2D eigenvalue weighted by atomic mass is 10.0. The third kappa shape index (κ3) is 4.45. The maximum Gasteiger partial charge on any atom is 0.261 e. The lowest BCUT2D eigenvalue weighted by Gasteiger charge is -2.35. The number of sulfonamides is 1. The first-order valence-electron chi connectivity index (χ1n) is 8.80. The van der Waals surface area contributed by atoms with Crippen LogP contribution in [0.15, 0.2) is 53.4 Å². The van der Waals surface area contributed by atoms with Gasteiger partial charge in [-0.2, -0.15) is 0 Å². The Labute approximate surface area is 158 Å². The highest BCUT2D eigenvalue weighted by molar-refractivity contribution is 7.92. The summed E-state index contributed by atoms with van der Waals surface area (Å²) >= 11 is 0. The molecule has 1 aliphatic rings. The quantitative estimate of drug-likeness (QED) is 0.819. The van der Waals surface area contributed by atoms with Crippen LogP contribution in [-0.4, -0.2) is 38.4 Å². The summed E-state index contributed by atoms with van der Waals surface area (Å²) in [6.45, 7) is 1.08. The van der Waals surface area contributed by atoms with E-state index >= 15 is 0 Å². The maximum absolute atomic E-state index is 12.9. The second-order valence-electron chi connectivity index (χ2n) is 6.52. The number of amides is 1. The minimum absolute atomic E-state index is 0.0230. The number of carbonyl (C=O) groups excluding carboxylic acids is 1. The summed E-state index contributed by atoms with van der Waals surface area (Å²) in [6, 6.07) is 10.8. The predicted molar refractivity (Wildman–Crippen MR) is 101 cm³/mol. The van der Waals surface area contributed by atoms with Crippen LogP contribution in [0.4, 0.5) is 10.1 Å². The van der Waals surface area contributed by atoms with Gasteiger partial charge in [-0.05, 0) is 67.8 Å². The number of halogens is 1. The molecule has 0 spiro atoms. The predicted octanol–water partition coefficient (Wildman–Crippen LogP) is 2.58. The first-order chi connectivity index (χ1) is 12.9. The summed E-state index contributed by atoms with van der Waals surface area (Å²) in [6.07, 6.45) is 2.88. The first kappa shape index (κ1) is 19.3. The second-order valence-corrected chi connectivity index (χ2v) is 8.20. The molecule has 1 saturated heterocycles. The number of carbonyl (C=O) groups is 1. The Morgan fingerprint density at radius 1 is 1.11 bits per heavy atom. The van der Waals surface area contributed by atoms with Crippen molar-refractivity contribution in [3.63, 3.8) is 0 Å². The van der Waals surface area contributed by atoms with Gasteiger partial charge in [-0.1, -0.05) is 0 Å². The minimum atomic E-state index is -3.83. The molecule has 1 heterocycles. The third-order valence-electron chi connectivity index (χ3n) is 4.67. The van der Waals surface area contributed by atoms with Crippen molar-refractivity contribution in [1.82, 2.24) is 4.90 Å². The Hall–Kier alpha value is -2.45. The molecule has 0 aliphatic carbocycles. The molecule has 1 unspecified atom stereocenters. The van der Waals surface area contributed by atoms with E-state index in [1.165, 1.54) is 48.5 Å². The van der Waals surface area contributed by atoms with Crippen molar-refractivity contribution < 1.29 is 17.6 Å². The van der Waals surface area contributed by atoms with E-state index in [1.807, 2.05) is 0 Å². The second kappa shape index (κ2) is 8.06. The van der Waals surface area contributed by atoms with Crippen molar-refractivity contribution in [3.05, 3.63) is 59.9 Å². The Morgan fingerprint density at radius 3 is 2.41 bits per heavy atom. The molecule has 3 rings (SSSR count). The van der Waals surface area contributed by atoms with Gasteiger partial charge in [0.15, 0.2) is 0 Å². The summed E-state index contributed by atoms with van der Waals surface area (Å²) in [5.41, 5.74) is 6.46. The molecule has 8 heteroatoms. The van der Waals surface area contributed by atoms with Gasteiger partial charge in [-0.25, -0.2) is 12.8 Å².